The van der Waals surface area contributed by atoms with E-state index in [1.807, 2.05) is 11.6 Å². The number of halogens is 3. The van der Waals surface area contributed by atoms with Crippen LogP contribution in [0.5, 0.6) is 0 Å². The van der Waals surface area contributed by atoms with Crippen LogP contribution in [0.2, 0.25) is 5.28 Å². The standard InChI is InChI=1S/C24H23ClF2N6/c1-15-13-32(11-12-33(15)23-20-22(29-24(25)30-23)31(2)14-28-20)21(16-3-7-18(26)8-4-16)17-5-9-19(27)10-6-17/h3-10,14-15,21H,11-13H2,1-2H3. The number of hydrogen-bond acceptors (Lipinski definition) is 5. The number of imidazole rings is 1. The Balaban J connectivity index is 1.47. The zero-order valence-electron chi connectivity index (χ0n) is 18.3. The molecule has 0 spiro atoms. The fraction of sp³-hybridized carbons (Fsp3) is 0.292. The van der Waals surface area contributed by atoms with Crippen molar-refractivity contribution in [2.75, 3.05) is 24.5 Å². The van der Waals surface area contributed by atoms with Gasteiger partial charge < -0.3 is 9.47 Å². The smallest absolute Gasteiger partial charge is 0.226 e. The van der Waals surface area contributed by atoms with Gasteiger partial charge in [-0.05, 0) is 53.9 Å². The zero-order chi connectivity index (χ0) is 23.1. The molecule has 0 amide bonds. The zero-order valence-corrected chi connectivity index (χ0v) is 19.0. The molecule has 0 radical (unpaired) electrons. The van der Waals surface area contributed by atoms with Crippen molar-refractivity contribution in [1.29, 1.82) is 0 Å². The summed E-state index contributed by atoms with van der Waals surface area (Å²) < 4.78 is 29.0. The van der Waals surface area contributed by atoms with Crippen molar-refractivity contribution in [3.05, 3.63) is 82.9 Å². The van der Waals surface area contributed by atoms with Crippen LogP contribution < -0.4 is 4.90 Å². The van der Waals surface area contributed by atoms with Crippen molar-refractivity contribution in [3.8, 4) is 0 Å². The molecule has 0 aliphatic carbocycles. The van der Waals surface area contributed by atoms with Gasteiger partial charge in [-0.1, -0.05) is 24.3 Å². The Labute approximate surface area is 195 Å². The van der Waals surface area contributed by atoms with Gasteiger partial charge in [-0.3, -0.25) is 4.90 Å². The lowest BCUT2D eigenvalue weighted by molar-refractivity contribution is 0.187. The van der Waals surface area contributed by atoms with Crippen molar-refractivity contribution >= 4 is 28.6 Å². The molecule has 4 aromatic rings. The van der Waals surface area contributed by atoms with Crippen molar-refractivity contribution in [3.63, 3.8) is 0 Å². The second-order valence-electron chi connectivity index (χ2n) is 8.39. The minimum absolute atomic E-state index is 0.0957. The molecular weight excluding hydrogens is 446 g/mol. The lowest BCUT2D eigenvalue weighted by Gasteiger charge is -2.44. The molecule has 2 aromatic heterocycles. The van der Waals surface area contributed by atoms with Gasteiger partial charge in [0.05, 0.1) is 12.4 Å². The first kappa shape index (κ1) is 21.7. The average molecular weight is 469 g/mol. The third-order valence-corrected chi connectivity index (χ3v) is 6.35. The number of piperazine rings is 1. The van der Waals surface area contributed by atoms with Crippen molar-refractivity contribution in [2.45, 2.75) is 19.0 Å². The largest absolute Gasteiger partial charge is 0.349 e. The first-order chi connectivity index (χ1) is 15.9. The van der Waals surface area contributed by atoms with Gasteiger partial charge in [0.15, 0.2) is 17.0 Å². The SMILES string of the molecule is CC1CN(C(c2ccc(F)cc2)c2ccc(F)cc2)CCN1c1nc(Cl)nc2c1ncn2C. The molecule has 1 unspecified atom stereocenters. The lowest BCUT2D eigenvalue weighted by Crippen LogP contribution is -2.53. The van der Waals surface area contributed by atoms with Gasteiger partial charge in [-0.15, -0.1) is 0 Å². The maximum Gasteiger partial charge on any atom is 0.226 e. The van der Waals surface area contributed by atoms with E-state index in [-0.39, 0.29) is 29.0 Å². The number of hydrogen-bond donors (Lipinski definition) is 0. The van der Waals surface area contributed by atoms with Crippen LogP contribution >= 0.6 is 11.6 Å². The van der Waals surface area contributed by atoms with E-state index in [2.05, 4.69) is 31.7 Å². The number of aryl methyl sites for hydroxylation is 1. The van der Waals surface area contributed by atoms with Crippen LogP contribution in [0, 0.1) is 11.6 Å². The molecule has 33 heavy (non-hydrogen) atoms. The van der Waals surface area contributed by atoms with E-state index in [1.54, 1.807) is 30.6 Å². The third-order valence-electron chi connectivity index (χ3n) is 6.18. The molecule has 170 valence electrons. The molecule has 1 fully saturated rings. The summed E-state index contributed by atoms with van der Waals surface area (Å²) in [6.45, 7) is 4.26. The van der Waals surface area contributed by atoms with Gasteiger partial charge >= 0.3 is 0 Å². The number of rotatable bonds is 4. The monoisotopic (exact) mass is 468 g/mol. The van der Waals surface area contributed by atoms with Crippen LogP contribution in [0.15, 0.2) is 54.9 Å². The van der Waals surface area contributed by atoms with Gasteiger partial charge in [0.2, 0.25) is 5.28 Å². The highest BCUT2D eigenvalue weighted by Crippen LogP contribution is 2.33. The van der Waals surface area contributed by atoms with Gasteiger partial charge in [-0.25, -0.2) is 13.8 Å². The summed E-state index contributed by atoms with van der Waals surface area (Å²) in [5.74, 6) is 0.155. The average Bonchev–Trinajstić information content (AvgIpc) is 3.17. The molecule has 9 heteroatoms. The number of anilines is 1. The highest BCUT2D eigenvalue weighted by molar-refractivity contribution is 6.28. The Morgan fingerprint density at radius 1 is 0.939 bits per heavy atom. The van der Waals surface area contributed by atoms with E-state index in [0.717, 1.165) is 35.6 Å². The topological polar surface area (TPSA) is 50.1 Å². The molecule has 1 saturated heterocycles. The summed E-state index contributed by atoms with van der Waals surface area (Å²) in [5.41, 5.74) is 3.33. The quantitative estimate of drug-likeness (QED) is 0.410. The van der Waals surface area contributed by atoms with Gasteiger partial charge in [0.1, 0.15) is 11.6 Å². The molecule has 6 nitrogen and oxygen atoms in total. The highest BCUT2D eigenvalue weighted by atomic mass is 35.5. The lowest BCUT2D eigenvalue weighted by atomic mass is 9.95. The molecule has 5 rings (SSSR count). The first-order valence-corrected chi connectivity index (χ1v) is 11.1. The molecule has 0 saturated carbocycles. The van der Waals surface area contributed by atoms with Gasteiger partial charge in [0.25, 0.3) is 0 Å². The fourth-order valence-electron chi connectivity index (χ4n) is 4.61. The molecule has 1 atom stereocenters. The Morgan fingerprint density at radius 2 is 1.55 bits per heavy atom. The minimum atomic E-state index is -0.283. The first-order valence-electron chi connectivity index (χ1n) is 10.8. The maximum absolute atomic E-state index is 13.6. The van der Waals surface area contributed by atoms with E-state index in [4.69, 9.17) is 11.6 Å². The molecule has 1 aliphatic heterocycles. The Kier molecular flexibility index (Phi) is 5.72. The van der Waals surface area contributed by atoms with Crippen LogP contribution in [0.4, 0.5) is 14.6 Å². The predicted octanol–water partition coefficient (Wildman–Crippen LogP) is 4.60. The third kappa shape index (κ3) is 4.16. The van der Waals surface area contributed by atoms with Crippen LogP contribution in [-0.4, -0.2) is 50.1 Å². The number of benzene rings is 2. The van der Waals surface area contributed by atoms with Crippen LogP contribution in [0.1, 0.15) is 24.1 Å². The molecule has 1 aliphatic rings. The predicted molar refractivity (Wildman–Crippen MR) is 124 cm³/mol. The fourth-order valence-corrected chi connectivity index (χ4v) is 4.77. The van der Waals surface area contributed by atoms with E-state index in [9.17, 15) is 8.78 Å². The van der Waals surface area contributed by atoms with E-state index in [0.29, 0.717) is 12.2 Å². The molecule has 0 bridgehead atoms. The van der Waals surface area contributed by atoms with Crippen molar-refractivity contribution in [2.24, 2.45) is 7.05 Å². The Hall–Kier alpha value is -3.10. The van der Waals surface area contributed by atoms with Crippen LogP contribution in [0.25, 0.3) is 11.2 Å². The number of aromatic nitrogens is 4. The summed E-state index contributed by atoms with van der Waals surface area (Å²) in [4.78, 5) is 17.8. The summed E-state index contributed by atoms with van der Waals surface area (Å²) >= 11 is 6.22. The van der Waals surface area contributed by atoms with E-state index >= 15 is 0 Å². The molecular formula is C24H23ClF2N6. The summed E-state index contributed by atoms with van der Waals surface area (Å²) in [7, 11) is 1.87. The molecule has 2 aromatic carbocycles. The second kappa shape index (κ2) is 8.68. The normalized spacial score (nSPS) is 17.3. The maximum atomic E-state index is 13.6. The van der Waals surface area contributed by atoms with E-state index in [1.165, 1.54) is 24.3 Å². The molecule has 3 heterocycles. The van der Waals surface area contributed by atoms with Crippen LogP contribution in [0.3, 0.4) is 0 Å². The number of nitrogens with zero attached hydrogens (tertiary/aromatic N) is 6. The highest BCUT2D eigenvalue weighted by Gasteiger charge is 2.32. The summed E-state index contributed by atoms with van der Waals surface area (Å²) in [6, 6.07) is 13.0. The second-order valence-corrected chi connectivity index (χ2v) is 8.72. The van der Waals surface area contributed by atoms with Crippen molar-refractivity contribution in [1.82, 2.24) is 24.4 Å². The van der Waals surface area contributed by atoms with Gasteiger partial charge in [0, 0.05) is 32.7 Å². The van der Waals surface area contributed by atoms with Crippen LogP contribution in [-0.2, 0) is 7.05 Å². The summed E-state index contributed by atoms with van der Waals surface area (Å²) in [6.07, 6.45) is 1.71. The van der Waals surface area contributed by atoms with Crippen molar-refractivity contribution < 1.29 is 8.78 Å². The minimum Gasteiger partial charge on any atom is -0.349 e. The van der Waals surface area contributed by atoms with Gasteiger partial charge in [-0.2, -0.15) is 9.97 Å². The van der Waals surface area contributed by atoms with E-state index < -0.39 is 0 Å². The Bertz CT molecular complexity index is 1230. The molecule has 0 N–H and O–H groups in total. The number of fused-ring (bicyclic) bond motifs is 1. The Morgan fingerprint density at radius 3 is 2.12 bits per heavy atom. The summed E-state index contributed by atoms with van der Waals surface area (Å²) in [5, 5.41) is 0.186.